The first kappa shape index (κ1) is 17.1. The van der Waals surface area contributed by atoms with Gasteiger partial charge in [0.05, 0.1) is 22.3 Å². The lowest BCUT2D eigenvalue weighted by Crippen LogP contribution is -2.35. The molecule has 0 atom stereocenters. The largest absolute Gasteiger partial charge is 0.336 e. The number of rotatable bonds is 6. The fourth-order valence-corrected chi connectivity index (χ4v) is 2.35. The second kappa shape index (κ2) is 8.39. The Morgan fingerprint density at radius 2 is 1.90 bits per heavy atom. The molecular weight excluding hydrogens is 319 g/mol. The molecule has 0 saturated heterocycles. The van der Waals surface area contributed by atoms with Crippen molar-refractivity contribution in [1.82, 2.24) is 4.90 Å². The van der Waals surface area contributed by atoms with Crippen molar-refractivity contribution in [2.24, 2.45) is 0 Å². The van der Waals surface area contributed by atoms with E-state index in [4.69, 9.17) is 23.2 Å². The van der Waals surface area contributed by atoms with Crippen molar-refractivity contribution in [2.45, 2.75) is 6.42 Å². The summed E-state index contributed by atoms with van der Waals surface area (Å²) in [6, 6.07) is 4.96. The molecule has 0 aliphatic heterocycles. The second-order valence-electron chi connectivity index (χ2n) is 4.14. The number of nitrogens with one attached hydrogen (secondary N) is 1. The molecule has 0 unspecified atom stereocenters. The molecule has 1 aromatic carbocycles. The maximum atomic E-state index is 11.9. The van der Waals surface area contributed by atoms with Crippen LogP contribution in [0.5, 0.6) is 0 Å². The van der Waals surface area contributed by atoms with Crippen molar-refractivity contribution < 1.29 is 9.59 Å². The topological polar surface area (TPSA) is 49.4 Å². The van der Waals surface area contributed by atoms with Crippen molar-refractivity contribution >= 4 is 52.5 Å². The van der Waals surface area contributed by atoms with Gasteiger partial charge in [-0.1, -0.05) is 29.3 Å². The van der Waals surface area contributed by atoms with E-state index in [0.29, 0.717) is 22.2 Å². The Bertz CT molecular complexity index is 477. The maximum absolute atomic E-state index is 11.9. The summed E-state index contributed by atoms with van der Waals surface area (Å²) in [5, 5.41) is 3.34. The van der Waals surface area contributed by atoms with Crippen LogP contribution in [0.25, 0.3) is 0 Å². The molecule has 0 aliphatic rings. The van der Waals surface area contributed by atoms with E-state index < -0.39 is 0 Å². The molecule has 0 spiro atoms. The zero-order valence-electron chi connectivity index (χ0n) is 11.3. The molecule has 0 radical (unpaired) electrons. The van der Waals surface area contributed by atoms with E-state index in [-0.39, 0.29) is 18.4 Å². The van der Waals surface area contributed by atoms with Gasteiger partial charge in [0, 0.05) is 19.2 Å². The summed E-state index contributed by atoms with van der Waals surface area (Å²) in [7, 11) is 1.59. The third-order valence-electron chi connectivity index (χ3n) is 2.55. The van der Waals surface area contributed by atoms with Gasteiger partial charge in [-0.05, 0) is 18.4 Å². The Balaban J connectivity index is 2.57. The minimum atomic E-state index is -0.333. The van der Waals surface area contributed by atoms with Gasteiger partial charge < -0.3 is 10.2 Å². The number of carbonyl (C=O) groups excluding carboxylic acids is 2. The van der Waals surface area contributed by atoms with Crippen LogP contribution in [0.1, 0.15) is 6.42 Å². The Morgan fingerprint density at radius 3 is 2.45 bits per heavy atom. The molecule has 1 N–H and O–H groups in total. The molecule has 7 heteroatoms. The number of likely N-dealkylation sites (N-methyl/N-ethyl adjacent to an activating group) is 1. The van der Waals surface area contributed by atoms with Gasteiger partial charge in [-0.2, -0.15) is 11.8 Å². The number of carbonyl (C=O) groups is 2. The lowest BCUT2D eigenvalue weighted by Gasteiger charge is -2.17. The highest BCUT2D eigenvalue weighted by atomic mass is 35.5. The second-order valence-corrected chi connectivity index (χ2v) is 5.94. The van der Waals surface area contributed by atoms with Gasteiger partial charge >= 0.3 is 0 Å². The van der Waals surface area contributed by atoms with Gasteiger partial charge in [-0.15, -0.1) is 0 Å². The average molecular weight is 335 g/mol. The number of halogens is 2. The Kier molecular flexibility index (Phi) is 7.19. The summed E-state index contributed by atoms with van der Waals surface area (Å²) in [5.41, 5.74) is 0.366. The number of nitrogens with zero attached hydrogens (tertiary/aromatic N) is 1. The van der Waals surface area contributed by atoms with Gasteiger partial charge in [-0.3, -0.25) is 9.59 Å². The molecule has 1 aromatic rings. The smallest absolute Gasteiger partial charge is 0.244 e. The lowest BCUT2D eigenvalue weighted by molar-refractivity contribution is -0.132. The number of hydrogen-bond acceptors (Lipinski definition) is 3. The molecule has 2 amide bonds. The molecule has 20 heavy (non-hydrogen) atoms. The number of thioether (sulfide) groups is 1. The standard InChI is InChI=1S/C13H16Cl2N2O2S/c1-17(12(19)6-7-20-2)8-11(18)16-13-9(14)4-3-5-10(13)15/h3-5H,6-8H2,1-2H3,(H,16,18). The predicted molar refractivity (Wildman–Crippen MR) is 85.7 cm³/mol. The molecule has 0 aliphatic carbocycles. The SMILES string of the molecule is CSCCC(=O)N(C)CC(=O)Nc1c(Cl)cccc1Cl. The van der Waals surface area contributed by atoms with Crippen LogP contribution >= 0.6 is 35.0 Å². The van der Waals surface area contributed by atoms with E-state index in [1.54, 1.807) is 37.0 Å². The summed E-state index contributed by atoms with van der Waals surface area (Å²) in [6.45, 7) is -0.0330. The van der Waals surface area contributed by atoms with Crippen LogP contribution in [0.3, 0.4) is 0 Å². The third kappa shape index (κ3) is 5.23. The molecule has 4 nitrogen and oxygen atoms in total. The van der Waals surface area contributed by atoms with E-state index in [2.05, 4.69) is 5.32 Å². The quantitative estimate of drug-likeness (QED) is 0.869. The Labute approximate surface area is 132 Å². The Hall–Kier alpha value is -0.910. The minimum absolute atomic E-state index is 0.0330. The van der Waals surface area contributed by atoms with Crippen LogP contribution in [-0.2, 0) is 9.59 Å². The molecule has 1 rings (SSSR count). The summed E-state index contributed by atoms with van der Waals surface area (Å²) in [5.74, 6) is 0.334. The molecule has 0 heterocycles. The van der Waals surface area contributed by atoms with E-state index in [0.717, 1.165) is 5.75 Å². The van der Waals surface area contributed by atoms with Gasteiger partial charge in [0.15, 0.2) is 0 Å². The van der Waals surface area contributed by atoms with E-state index in [1.807, 2.05) is 6.26 Å². The van der Waals surface area contributed by atoms with Gasteiger partial charge in [0.25, 0.3) is 0 Å². The van der Waals surface area contributed by atoms with Crippen molar-refractivity contribution in [3.63, 3.8) is 0 Å². The van der Waals surface area contributed by atoms with E-state index in [1.165, 1.54) is 4.90 Å². The number of benzene rings is 1. The monoisotopic (exact) mass is 334 g/mol. The van der Waals surface area contributed by atoms with Crippen LogP contribution < -0.4 is 5.32 Å². The number of amides is 2. The predicted octanol–water partition coefficient (Wildman–Crippen LogP) is 3.14. The first-order valence-corrected chi connectivity index (χ1v) is 8.07. The third-order valence-corrected chi connectivity index (χ3v) is 3.80. The average Bonchev–Trinajstić information content (AvgIpc) is 2.40. The van der Waals surface area contributed by atoms with Crippen molar-refractivity contribution in [2.75, 3.05) is 30.9 Å². The zero-order valence-corrected chi connectivity index (χ0v) is 13.6. The number of anilines is 1. The highest BCUT2D eigenvalue weighted by Gasteiger charge is 2.14. The van der Waals surface area contributed by atoms with E-state index >= 15 is 0 Å². The first-order chi connectivity index (χ1) is 9.45. The van der Waals surface area contributed by atoms with Gasteiger partial charge in [0.1, 0.15) is 0 Å². The molecule has 0 fully saturated rings. The summed E-state index contributed by atoms with van der Waals surface area (Å²) >= 11 is 13.5. The van der Waals surface area contributed by atoms with Crippen molar-refractivity contribution in [1.29, 1.82) is 0 Å². The molecule has 110 valence electrons. The Morgan fingerprint density at radius 1 is 1.30 bits per heavy atom. The van der Waals surface area contributed by atoms with Crippen LogP contribution in [0, 0.1) is 0 Å². The summed E-state index contributed by atoms with van der Waals surface area (Å²) in [6.07, 6.45) is 2.34. The van der Waals surface area contributed by atoms with Crippen LogP contribution in [0.4, 0.5) is 5.69 Å². The highest BCUT2D eigenvalue weighted by Crippen LogP contribution is 2.29. The summed E-state index contributed by atoms with van der Waals surface area (Å²) in [4.78, 5) is 25.0. The molecule has 0 bridgehead atoms. The van der Waals surface area contributed by atoms with Gasteiger partial charge in [-0.25, -0.2) is 0 Å². The molecule has 0 saturated carbocycles. The van der Waals surface area contributed by atoms with Crippen LogP contribution in [0.15, 0.2) is 18.2 Å². The fourth-order valence-electron chi connectivity index (χ4n) is 1.48. The summed E-state index contributed by atoms with van der Waals surface area (Å²) < 4.78 is 0. The van der Waals surface area contributed by atoms with Crippen molar-refractivity contribution in [3.8, 4) is 0 Å². The number of para-hydroxylation sites is 1. The normalized spacial score (nSPS) is 10.2. The van der Waals surface area contributed by atoms with Crippen molar-refractivity contribution in [3.05, 3.63) is 28.2 Å². The lowest BCUT2D eigenvalue weighted by atomic mass is 10.3. The zero-order chi connectivity index (χ0) is 15.1. The minimum Gasteiger partial charge on any atom is -0.336 e. The number of hydrogen-bond donors (Lipinski definition) is 1. The molecule has 0 aromatic heterocycles. The van der Waals surface area contributed by atoms with Crippen LogP contribution in [-0.4, -0.2) is 42.3 Å². The first-order valence-electron chi connectivity index (χ1n) is 5.92. The van der Waals surface area contributed by atoms with Crippen LogP contribution in [0.2, 0.25) is 10.0 Å². The highest BCUT2D eigenvalue weighted by molar-refractivity contribution is 7.98. The maximum Gasteiger partial charge on any atom is 0.244 e. The fraction of sp³-hybridized carbons (Fsp3) is 0.385. The molecular formula is C13H16Cl2N2O2S. The van der Waals surface area contributed by atoms with E-state index in [9.17, 15) is 9.59 Å². The van der Waals surface area contributed by atoms with Gasteiger partial charge in [0.2, 0.25) is 11.8 Å².